The third kappa shape index (κ3) is 4.35. The molecule has 120 valence electrons. The summed E-state index contributed by atoms with van der Waals surface area (Å²) in [5.41, 5.74) is 1.14. The molecule has 0 aliphatic heterocycles. The predicted molar refractivity (Wildman–Crippen MR) is 80.2 cm³/mol. The Morgan fingerprint density at radius 2 is 1.78 bits per heavy atom. The summed E-state index contributed by atoms with van der Waals surface area (Å²) in [7, 11) is 1.31. The van der Waals surface area contributed by atoms with E-state index >= 15 is 0 Å². The van der Waals surface area contributed by atoms with Crippen molar-refractivity contribution < 1.29 is 23.1 Å². The van der Waals surface area contributed by atoms with Gasteiger partial charge in [0.05, 0.1) is 18.2 Å². The first kappa shape index (κ1) is 16.6. The molecule has 0 spiro atoms. The Bertz CT molecular complexity index is 714. The van der Waals surface area contributed by atoms with Crippen molar-refractivity contribution in [3.8, 4) is 0 Å². The third-order valence-electron chi connectivity index (χ3n) is 3.25. The van der Waals surface area contributed by atoms with Crippen molar-refractivity contribution in [2.45, 2.75) is 6.42 Å². The van der Waals surface area contributed by atoms with Gasteiger partial charge in [-0.1, -0.05) is 12.1 Å². The molecule has 0 saturated heterocycles. The average Bonchev–Trinajstić information content (AvgIpc) is 2.54. The highest BCUT2D eigenvalue weighted by atomic mass is 19.1. The number of benzene rings is 2. The number of amides is 1. The molecular weight excluding hydrogens is 304 g/mol. The van der Waals surface area contributed by atoms with E-state index in [0.717, 1.165) is 17.7 Å². The summed E-state index contributed by atoms with van der Waals surface area (Å²) in [6.07, 6.45) is 0.510. The number of esters is 1. The van der Waals surface area contributed by atoms with E-state index in [0.29, 0.717) is 18.1 Å². The molecule has 6 heteroatoms. The van der Waals surface area contributed by atoms with Gasteiger partial charge in [0, 0.05) is 12.6 Å². The van der Waals surface area contributed by atoms with E-state index in [1.54, 1.807) is 24.3 Å². The molecule has 0 heterocycles. The molecule has 0 aliphatic carbocycles. The van der Waals surface area contributed by atoms with Gasteiger partial charge in [-0.25, -0.2) is 13.6 Å². The number of halogens is 2. The van der Waals surface area contributed by atoms with Crippen LogP contribution in [0.4, 0.5) is 8.78 Å². The van der Waals surface area contributed by atoms with Gasteiger partial charge in [0.15, 0.2) is 0 Å². The van der Waals surface area contributed by atoms with Crippen molar-refractivity contribution >= 4 is 11.9 Å². The summed E-state index contributed by atoms with van der Waals surface area (Å²) < 4.78 is 30.9. The summed E-state index contributed by atoms with van der Waals surface area (Å²) in [4.78, 5) is 23.1. The highest BCUT2D eigenvalue weighted by molar-refractivity contribution is 5.94. The molecule has 0 bridgehead atoms. The van der Waals surface area contributed by atoms with Crippen molar-refractivity contribution in [2.24, 2.45) is 0 Å². The van der Waals surface area contributed by atoms with Crippen LogP contribution >= 0.6 is 0 Å². The minimum Gasteiger partial charge on any atom is -0.465 e. The summed E-state index contributed by atoms with van der Waals surface area (Å²) in [6.45, 7) is 0.285. The highest BCUT2D eigenvalue weighted by Crippen LogP contribution is 2.10. The van der Waals surface area contributed by atoms with Crippen LogP contribution in [0.1, 0.15) is 26.3 Å². The molecule has 1 N–H and O–H groups in total. The van der Waals surface area contributed by atoms with E-state index in [1.165, 1.54) is 7.11 Å². The standard InChI is InChI=1S/C17H15F2NO3/c1-23-17(22)12-4-2-11(3-5-12)8-9-20-16(21)14-7-6-13(18)10-15(14)19/h2-7,10H,8-9H2,1H3,(H,20,21). The molecule has 2 aromatic carbocycles. The zero-order chi connectivity index (χ0) is 16.8. The van der Waals surface area contributed by atoms with Crippen molar-refractivity contribution in [1.29, 1.82) is 0 Å². The molecule has 0 saturated carbocycles. The number of rotatable bonds is 5. The zero-order valence-electron chi connectivity index (χ0n) is 12.4. The van der Waals surface area contributed by atoms with Crippen molar-refractivity contribution in [3.05, 3.63) is 70.8 Å². The van der Waals surface area contributed by atoms with Crippen molar-refractivity contribution in [2.75, 3.05) is 13.7 Å². The molecule has 2 aromatic rings. The second-order valence-corrected chi connectivity index (χ2v) is 4.82. The molecule has 0 aromatic heterocycles. The van der Waals surface area contributed by atoms with E-state index in [-0.39, 0.29) is 12.1 Å². The smallest absolute Gasteiger partial charge is 0.337 e. The third-order valence-corrected chi connectivity index (χ3v) is 3.25. The van der Waals surface area contributed by atoms with Crippen molar-refractivity contribution in [3.63, 3.8) is 0 Å². The zero-order valence-corrected chi connectivity index (χ0v) is 12.4. The van der Waals surface area contributed by atoms with Crippen LogP contribution in [-0.4, -0.2) is 25.5 Å². The van der Waals surface area contributed by atoms with Gasteiger partial charge < -0.3 is 10.1 Å². The van der Waals surface area contributed by atoms with Crippen LogP contribution in [0, 0.1) is 11.6 Å². The minimum absolute atomic E-state index is 0.201. The first-order valence-corrected chi connectivity index (χ1v) is 6.92. The maximum Gasteiger partial charge on any atom is 0.337 e. The fourth-order valence-corrected chi connectivity index (χ4v) is 2.01. The molecule has 1 amide bonds. The average molecular weight is 319 g/mol. The largest absolute Gasteiger partial charge is 0.465 e. The van der Waals surface area contributed by atoms with Crippen LogP contribution in [0.15, 0.2) is 42.5 Å². The Balaban J connectivity index is 1.89. The lowest BCUT2D eigenvalue weighted by atomic mass is 10.1. The number of ether oxygens (including phenoxy) is 1. The fourth-order valence-electron chi connectivity index (χ4n) is 2.01. The van der Waals surface area contributed by atoms with Crippen LogP contribution in [0.3, 0.4) is 0 Å². The quantitative estimate of drug-likeness (QED) is 0.862. The summed E-state index contributed by atoms with van der Waals surface area (Å²) in [6, 6.07) is 9.55. The van der Waals surface area contributed by atoms with E-state index in [9.17, 15) is 18.4 Å². The van der Waals surface area contributed by atoms with E-state index in [1.807, 2.05) is 0 Å². The molecule has 23 heavy (non-hydrogen) atoms. The first-order chi connectivity index (χ1) is 11.0. The van der Waals surface area contributed by atoms with E-state index < -0.39 is 23.5 Å². The maximum absolute atomic E-state index is 13.5. The molecule has 2 rings (SSSR count). The molecular formula is C17H15F2NO3. The Hall–Kier alpha value is -2.76. The second-order valence-electron chi connectivity index (χ2n) is 4.82. The van der Waals surface area contributed by atoms with E-state index in [4.69, 9.17) is 0 Å². The summed E-state index contributed by atoms with van der Waals surface area (Å²) >= 11 is 0. The minimum atomic E-state index is -0.898. The van der Waals surface area contributed by atoms with Gasteiger partial charge in [-0.15, -0.1) is 0 Å². The number of hydrogen-bond donors (Lipinski definition) is 1. The SMILES string of the molecule is COC(=O)c1ccc(CCNC(=O)c2ccc(F)cc2F)cc1. The molecule has 0 fully saturated rings. The van der Waals surface area contributed by atoms with Crippen LogP contribution in [-0.2, 0) is 11.2 Å². The van der Waals surface area contributed by atoms with Crippen molar-refractivity contribution in [1.82, 2.24) is 5.32 Å². The van der Waals surface area contributed by atoms with Crippen LogP contribution in [0.25, 0.3) is 0 Å². The molecule has 0 radical (unpaired) electrons. The Labute approximate surface area is 132 Å². The molecule has 0 atom stereocenters. The number of carbonyl (C=O) groups excluding carboxylic acids is 2. The van der Waals surface area contributed by atoms with Crippen LogP contribution < -0.4 is 5.32 Å². The lowest BCUT2D eigenvalue weighted by molar-refractivity contribution is 0.0600. The number of nitrogens with one attached hydrogen (secondary N) is 1. The van der Waals surface area contributed by atoms with E-state index in [2.05, 4.69) is 10.1 Å². The van der Waals surface area contributed by atoms with Gasteiger partial charge in [-0.3, -0.25) is 4.79 Å². The van der Waals surface area contributed by atoms with Gasteiger partial charge in [-0.2, -0.15) is 0 Å². The molecule has 0 unspecified atom stereocenters. The monoisotopic (exact) mass is 319 g/mol. The maximum atomic E-state index is 13.5. The van der Waals surface area contributed by atoms with Gasteiger partial charge in [0.1, 0.15) is 11.6 Å². The van der Waals surface area contributed by atoms with Gasteiger partial charge in [0.2, 0.25) is 0 Å². The predicted octanol–water partition coefficient (Wildman–Crippen LogP) is 2.72. The van der Waals surface area contributed by atoms with Gasteiger partial charge in [-0.05, 0) is 36.2 Å². The summed E-state index contributed by atoms with van der Waals surface area (Å²) in [5, 5.41) is 2.56. The summed E-state index contributed by atoms with van der Waals surface area (Å²) in [5.74, 6) is -2.65. The van der Waals surface area contributed by atoms with Gasteiger partial charge in [0.25, 0.3) is 5.91 Å². The topological polar surface area (TPSA) is 55.4 Å². The normalized spacial score (nSPS) is 10.2. The van der Waals surface area contributed by atoms with Crippen LogP contribution in [0.5, 0.6) is 0 Å². The Morgan fingerprint density at radius 3 is 2.39 bits per heavy atom. The lowest BCUT2D eigenvalue weighted by Gasteiger charge is -2.07. The van der Waals surface area contributed by atoms with Crippen LogP contribution in [0.2, 0.25) is 0 Å². The number of methoxy groups -OCH3 is 1. The molecule has 0 aliphatic rings. The Morgan fingerprint density at radius 1 is 1.09 bits per heavy atom. The lowest BCUT2D eigenvalue weighted by Crippen LogP contribution is -2.26. The highest BCUT2D eigenvalue weighted by Gasteiger charge is 2.12. The van der Waals surface area contributed by atoms with Gasteiger partial charge >= 0.3 is 5.97 Å². The first-order valence-electron chi connectivity index (χ1n) is 6.92. The molecule has 4 nitrogen and oxygen atoms in total. The Kier molecular flexibility index (Phi) is 5.41. The fraction of sp³-hybridized carbons (Fsp3) is 0.176. The number of hydrogen-bond acceptors (Lipinski definition) is 3. The number of carbonyl (C=O) groups is 2. The second kappa shape index (κ2) is 7.49.